The molecule has 0 N–H and O–H groups in total. The zero-order valence-corrected chi connectivity index (χ0v) is 13.1. The maximum Gasteiger partial charge on any atom is 0.269 e. The summed E-state index contributed by atoms with van der Waals surface area (Å²) < 4.78 is 0. The molecule has 1 aliphatic heterocycles. The highest BCUT2D eigenvalue weighted by Gasteiger charge is 2.42. The number of nitro groups is 1. The molecule has 2 aromatic carbocycles. The molecule has 0 aromatic heterocycles. The van der Waals surface area contributed by atoms with Crippen molar-refractivity contribution in [1.82, 2.24) is 0 Å². The van der Waals surface area contributed by atoms with Crippen LogP contribution in [0.1, 0.15) is 24.8 Å². The van der Waals surface area contributed by atoms with Crippen LogP contribution in [0.5, 0.6) is 0 Å². The number of hydrogen-bond donors (Lipinski definition) is 0. The predicted molar refractivity (Wildman–Crippen MR) is 88.6 cm³/mol. The van der Waals surface area contributed by atoms with Crippen molar-refractivity contribution in [2.75, 3.05) is 4.90 Å². The van der Waals surface area contributed by atoms with Crippen LogP contribution >= 0.6 is 0 Å². The van der Waals surface area contributed by atoms with Crippen LogP contribution < -0.4 is 4.90 Å². The summed E-state index contributed by atoms with van der Waals surface area (Å²) in [5.41, 5.74) is 1.31. The van der Waals surface area contributed by atoms with Crippen LogP contribution in [0, 0.1) is 16.0 Å². The van der Waals surface area contributed by atoms with E-state index >= 15 is 0 Å². The van der Waals surface area contributed by atoms with E-state index in [0.29, 0.717) is 5.69 Å². The summed E-state index contributed by atoms with van der Waals surface area (Å²) in [6, 6.07) is 15.1. The van der Waals surface area contributed by atoms with Gasteiger partial charge in [0.15, 0.2) is 0 Å². The fourth-order valence-electron chi connectivity index (χ4n) is 3.03. The second-order valence-electron chi connectivity index (χ2n) is 5.85. The average molecular weight is 324 g/mol. The zero-order valence-electron chi connectivity index (χ0n) is 13.1. The molecule has 0 spiro atoms. The van der Waals surface area contributed by atoms with Crippen molar-refractivity contribution in [2.24, 2.45) is 5.92 Å². The van der Waals surface area contributed by atoms with Gasteiger partial charge < -0.3 is 0 Å². The second kappa shape index (κ2) is 6.23. The molecular weight excluding hydrogens is 308 g/mol. The smallest absolute Gasteiger partial charge is 0.269 e. The third kappa shape index (κ3) is 2.78. The lowest BCUT2D eigenvalue weighted by Crippen LogP contribution is -2.31. The Bertz CT molecular complexity index is 786. The third-order valence-corrected chi connectivity index (χ3v) is 4.43. The minimum Gasteiger partial charge on any atom is -0.274 e. The molecule has 24 heavy (non-hydrogen) atoms. The highest BCUT2D eigenvalue weighted by Crippen LogP contribution is 2.36. The van der Waals surface area contributed by atoms with Crippen LogP contribution in [-0.2, 0) is 9.59 Å². The van der Waals surface area contributed by atoms with E-state index in [4.69, 9.17) is 0 Å². The zero-order chi connectivity index (χ0) is 17.3. The Hall–Kier alpha value is -3.02. The monoisotopic (exact) mass is 324 g/mol. The van der Waals surface area contributed by atoms with Crippen LogP contribution in [0.4, 0.5) is 11.4 Å². The fraction of sp³-hybridized carbons (Fsp3) is 0.222. The molecule has 0 bridgehead atoms. The number of nitro benzene ring substituents is 1. The number of imide groups is 1. The molecular formula is C18H16N2O4. The van der Waals surface area contributed by atoms with Crippen LogP contribution in [0.2, 0.25) is 0 Å². The maximum absolute atomic E-state index is 12.7. The van der Waals surface area contributed by atoms with Gasteiger partial charge in [-0.3, -0.25) is 24.6 Å². The first-order valence-corrected chi connectivity index (χ1v) is 7.65. The topological polar surface area (TPSA) is 80.5 Å². The Morgan fingerprint density at radius 1 is 1.08 bits per heavy atom. The average Bonchev–Trinajstić information content (AvgIpc) is 2.89. The lowest BCUT2D eigenvalue weighted by atomic mass is 9.86. The van der Waals surface area contributed by atoms with Gasteiger partial charge in [-0.15, -0.1) is 0 Å². The number of carbonyl (C=O) groups is 2. The van der Waals surface area contributed by atoms with Crippen molar-refractivity contribution in [2.45, 2.75) is 19.3 Å². The molecule has 2 atom stereocenters. The number of amides is 2. The molecule has 0 radical (unpaired) electrons. The van der Waals surface area contributed by atoms with Gasteiger partial charge in [0, 0.05) is 18.6 Å². The summed E-state index contributed by atoms with van der Waals surface area (Å²) in [6.07, 6.45) is 0.145. The number of non-ortho nitro benzene ring substituents is 1. The van der Waals surface area contributed by atoms with Gasteiger partial charge in [-0.2, -0.15) is 0 Å². The minimum atomic E-state index is -0.516. The first kappa shape index (κ1) is 15.9. The van der Waals surface area contributed by atoms with E-state index in [1.165, 1.54) is 24.3 Å². The molecule has 0 aliphatic carbocycles. The standard InChI is InChI=1S/C18H16N2O4/c1-12(13-5-3-2-4-6-13)16-11-17(21)19(18(16)22)14-7-9-15(10-8-14)20(23)24/h2-10,12,16H,11H2,1H3/t12-,16+/m1/s1. The van der Waals surface area contributed by atoms with E-state index in [1.807, 2.05) is 37.3 Å². The summed E-state index contributed by atoms with van der Waals surface area (Å²) in [5, 5.41) is 10.7. The first-order valence-electron chi connectivity index (χ1n) is 7.65. The number of carbonyl (C=O) groups excluding carboxylic acids is 2. The van der Waals surface area contributed by atoms with Gasteiger partial charge in [0.05, 0.1) is 16.5 Å². The Kier molecular flexibility index (Phi) is 4.12. The number of rotatable bonds is 4. The lowest BCUT2D eigenvalue weighted by molar-refractivity contribution is -0.384. The maximum atomic E-state index is 12.7. The molecule has 6 heteroatoms. The van der Waals surface area contributed by atoms with Crippen molar-refractivity contribution in [3.63, 3.8) is 0 Å². The minimum absolute atomic E-state index is 0.0768. The SMILES string of the molecule is C[C@H](c1ccccc1)[C@@H]1CC(=O)N(c2ccc([N+](=O)[O-])cc2)C1=O. The molecule has 2 aromatic rings. The van der Waals surface area contributed by atoms with Crippen LogP contribution in [-0.4, -0.2) is 16.7 Å². The highest BCUT2D eigenvalue weighted by molar-refractivity contribution is 6.21. The molecule has 0 saturated carbocycles. The molecule has 2 amide bonds. The van der Waals surface area contributed by atoms with Crippen LogP contribution in [0.3, 0.4) is 0 Å². The van der Waals surface area contributed by atoms with Crippen LogP contribution in [0.25, 0.3) is 0 Å². The van der Waals surface area contributed by atoms with Crippen LogP contribution in [0.15, 0.2) is 54.6 Å². The van der Waals surface area contributed by atoms with Gasteiger partial charge in [0.1, 0.15) is 0 Å². The number of nitrogens with zero attached hydrogens (tertiary/aromatic N) is 2. The van der Waals surface area contributed by atoms with E-state index in [9.17, 15) is 19.7 Å². The molecule has 122 valence electrons. The predicted octanol–water partition coefficient (Wildman–Crippen LogP) is 3.28. The number of benzene rings is 2. The third-order valence-electron chi connectivity index (χ3n) is 4.43. The summed E-state index contributed by atoms with van der Waals surface area (Å²) >= 11 is 0. The van der Waals surface area contributed by atoms with Gasteiger partial charge in [-0.25, -0.2) is 0 Å². The molecule has 1 aliphatic rings. The van der Waals surface area contributed by atoms with E-state index in [2.05, 4.69) is 0 Å². The fourth-order valence-corrected chi connectivity index (χ4v) is 3.03. The van der Waals surface area contributed by atoms with Crippen molar-refractivity contribution in [3.8, 4) is 0 Å². The van der Waals surface area contributed by atoms with Crippen molar-refractivity contribution in [1.29, 1.82) is 0 Å². The molecule has 1 fully saturated rings. The van der Waals surface area contributed by atoms with E-state index < -0.39 is 10.8 Å². The normalized spacial score (nSPS) is 18.7. The molecule has 1 heterocycles. The van der Waals surface area contributed by atoms with Crippen molar-refractivity contribution < 1.29 is 14.5 Å². The molecule has 1 saturated heterocycles. The quantitative estimate of drug-likeness (QED) is 0.491. The molecule has 6 nitrogen and oxygen atoms in total. The van der Waals surface area contributed by atoms with E-state index in [-0.39, 0.29) is 29.8 Å². The highest BCUT2D eigenvalue weighted by atomic mass is 16.6. The van der Waals surface area contributed by atoms with Crippen molar-refractivity contribution >= 4 is 23.2 Å². The Labute approximate surface area is 138 Å². The number of anilines is 1. The summed E-state index contributed by atoms with van der Waals surface area (Å²) in [5.74, 6) is -1.03. The summed E-state index contributed by atoms with van der Waals surface area (Å²) in [6.45, 7) is 1.94. The number of hydrogen-bond acceptors (Lipinski definition) is 4. The molecule has 3 rings (SSSR count). The van der Waals surface area contributed by atoms with Crippen molar-refractivity contribution in [3.05, 3.63) is 70.3 Å². The largest absolute Gasteiger partial charge is 0.274 e. The lowest BCUT2D eigenvalue weighted by Gasteiger charge is -2.19. The van der Waals surface area contributed by atoms with Gasteiger partial charge in [-0.1, -0.05) is 37.3 Å². The second-order valence-corrected chi connectivity index (χ2v) is 5.85. The first-order chi connectivity index (χ1) is 11.5. The van der Waals surface area contributed by atoms with Gasteiger partial charge in [0.25, 0.3) is 5.69 Å². The van der Waals surface area contributed by atoms with Gasteiger partial charge in [-0.05, 0) is 23.6 Å². The van der Waals surface area contributed by atoms with E-state index in [1.54, 1.807) is 0 Å². The summed E-state index contributed by atoms with van der Waals surface area (Å²) in [4.78, 5) is 36.4. The van der Waals surface area contributed by atoms with Gasteiger partial charge in [0.2, 0.25) is 11.8 Å². The Balaban J connectivity index is 1.85. The Morgan fingerprint density at radius 2 is 1.71 bits per heavy atom. The van der Waals surface area contributed by atoms with Gasteiger partial charge >= 0.3 is 0 Å². The summed E-state index contributed by atoms with van der Waals surface area (Å²) in [7, 11) is 0. The van der Waals surface area contributed by atoms with E-state index in [0.717, 1.165) is 10.5 Å². The molecule has 0 unspecified atom stereocenters. The Morgan fingerprint density at radius 3 is 2.29 bits per heavy atom.